The normalized spacial score (nSPS) is 10.9. The standard InChI is InChI=1S/C12H23N3O/c1-3-7-15-11-12(10-14-15)9-13-6-4-5-8-16-2/h10-11,13H,3-9H2,1-2H3. The molecule has 0 fully saturated rings. The number of methoxy groups -OCH3 is 1. The summed E-state index contributed by atoms with van der Waals surface area (Å²) in [7, 11) is 1.75. The molecule has 1 aromatic rings. The molecule has 16 heavy (non-hydrogen) atoms. The van der Waals surface area contributed by atoms with Crippen LogP contribution in [0.15, 0.2) is 12.4 Å². The fourth-order valence-electron chi connectivity index (χ4n) is 1.58. The smallest absolute Gasteiger partial charge is 0.0534 e. The molecule has 1 heterocycles. The molecule has 0 saturated heterocycles. The lowest BCUT2D eigenvalue weighted by molar-refractivity contribution is 0.192. The zero-order chi connectivity index (χ0) is 11.6. The average Bonchev–Trinajstić information content (AvgIpc) is 2.72. The molecule has 0 saturated carbocycles. The maximum absolute atomic E-state index is 5.00. The summed E-state index contributed by atoms with van der Waals surface area (Å²) in [5, 5.41) is 7.70. The molecule has 0 aliphatic rings. The van der Waals surface area contributed by atoms with Crippen LogP contribution in [0, 0.1) is 0 Å². The SMILES string of the molecule is CCCn1cc(CNCCCCOC)cn1. The number of hydrogen-bond acceptors (Lipinski definition) is 3. The summed E-state index contributed by atoms with van der Waals surface area (Å²) in [6.45, 7) is 5.98. The number of nitrogens with zero attached hydrogens (tertiary/aromatic N) is 2. The Morgan fingerprint density at radius 3 is 3.06 bits per heavy atom. The third-order valence-electron chi connectivity index (χ3n) is 2.42. The van der Waals surface area contributed by atoms with Crippen LogP contribution in [0.1, 0.15) is 31.7 Å². The van der Waals surface area contributed by atoms with E-state index in [2.05, 4.69) is 23.5 Å². The number of rotatable bonds is 9. The molecule has 1 aromatic heterocycles. The highest BCUT2D eigenvalue weighted by Crippen LogP contribution is 1.98. The summed E-state index contributed by atoms with van der Waals surface area (Å²) in [5.41, 5.74) is 1.26. The van der Waals surface area contributed by atoms with E-state index >= 15 is 0 Å². The minimum absolute atomic E-state index is 0.857. The second kappa shape index (κ2) is 8.30. The lowest BCUT2D eigenvalue weighted by Gasteiger charge is -2.02. The topological polar surface area (TPSA) is 39.1 Å². The zero-order valence-corrected chi connectivity index (χ0v) is 10.4. The van der Waals surface area contributed by atoms with Crippen molar-refractivity contribution in [3.8, 4) is 0 Å². The van der Waals surface area contributed by atoms with Gasteiger partial charge in [-0.25, -0.2) is 0 Å². The van der Waals surface area contributed by atoms with Gasteiger partial charge in [-0.15, -0.1) is 0 Å². The van der Waals surface area contributed by atoms with E-state index in [-0.39, 0.29) is 0 Å². The molecule has 0 radical (unpaired) electrons. The van der Waals surface area contributed by atoms with E-state index in [1.54, 1.807) is 7.11 Å². The van der Waals surface area contributed by atoms with E-state index < -0.39 is 0 Å². The Hall–Kier alpha value is -0.870. The van der Waals surface area contributed by atoms with Gasteiger partial charge in [-0.2, -0.15) is 5.10 Å². The Kier molecular flexibility index (Phi) is 6.85. The van der Waals surface area contributed by atoms with Crippen molar-refractivity contribution in [3.63, 3.8) is 0 Å². The molecule has 0 spiro atoms. The first kappa shape index (κ1) is 13.2. The van der Waals surface area contributed by atoms with Crippen LogP contribution in [-0.4, -0.2) is 30.0 Å². The number of nitrogens with one attached hydrogen (secondary N) is 1. The molecule has 0 amide bonds. The number of aryl methyl sites for hydroxylation is 1. The molecular weight excluding hydrogens is 202 g/mol. The summed E-state index contributed by atoms with van der Waals surface area (Å²) in [6, 6.07) is 0. The molecular formula is C12H23N3O. The van der Waals surface area contributed by atoms with Crippen molar-refractivity contribution >= 4 is 0 Å². The first-order valence-electron chi connectivity index (χ1n) is 6.07. The molecule has 0 aliphatic heterocycles. The van der Waals surface area contributed by atoms with Gasteiger partial charge >= 0.3 is 0 Å². The Bertz CT molecular complexity index is 273. The largest absolute Gasteiger partial charge is 0.385 e. The maximum atomic E-state index is 5.00. The molecule has 1 N–H and O–H groups in total. The molecule has 0 aromatic carbocycles. The van der Waals surface area contributed by atoms with Crippen LogP contribution < -0.4 is 5.32 Å². The van der Waals surface area contributed by atoms with Crippen molar-refractivity contribution in [1.29, 1.82) is 0 Å². The number of hydrogen-bond donors (Lipinski definition) is 1. The lowest BCUT2D eigenvalue weighted by Crippen LogP contribution is -2.14. The van der Waals surface area contributed by atoms with E-state index in [9.17, 15) is 0 Å². The minimum atomic E-state index is 0.857. The van der Waals surface area contributed by atoms with E-state index in [1.807, 2.05) is 10.9 Å². The van der Waals surface area contributed by atoms with Crippen LogP contribution >= 0.6 is 0 Å². The molecule has 0 aliphatic carbocycles. The first-order valence-corrected chi connectivity index (χ1v) is 6.07. The van der Waals surface area contributed by atoms with Crippen LogP contribution in [0.4, 0.5) is 0 Å². The van der Waals surface area contributed by atoms with Crippen molar-refractivity contribution in [2.45, 2.75) is 39.3 Å². The van der Waals surface area contributed by atoms with Gasteiger partial charge < -0.3 is 10.1 Å². The van der Waals surface area contributed by atoms with Crippen LogP contribution in [0.2, 0.25) is 0 Å². The van der Waals surface area contributed by atoms with Gasteiger partial charge in [0.1, 0.15) is 0 Å². The highest BCUT2D eigenvalue weighted by molar-refractivity contribution is 5.03. The predicted molar refractivity (Wildman–Crippen MR) is 65.3 cm³/mol. The predicted octanol–water partition coefficient (Wildman–Crippen LogP) is 1.81. The molecule has 4 nitrogen and oxygen atoms in total. The zero-order valence-electron chi connectivity index (χ0n) is 10.4. The summed E-state index contributed by atoms with van der Waals surface area (Å²) in [6.07, 6.45) is 7.48. The third kappa shape index (κ3) is 5.28. The molecule has 92 valence electrons. The fraction of sp³-hybridized carbons (Fsp3) is 0.750. The molecule has 4 heteroatoms. The Balaban J connectivity index is 2.07. The third-order valence-corrected chi connectivity index (χ3v) is 2.42. The van der Waals surface area contributed by atoms with Crippen LogP contribution in [-0.2, 0) is 17.8 Å². The van der Waals surface area contributed by atoms with Gasteiger partial charge in [0.25, 0.3) is 0 Å². The van der Waals surface area contributed by atoms with Crippen molar-refractivity contribution in [2.75, 3.05) is 20.3 Å². The quantitative estimate of drug-likeness (QED) is 0.651. The summed E-state index contributed by atoms with van der Waals surface area (Å²) in [5.74, 6) is 0. The maximum Gasteiger partial charge on any atom is 0.0534 e. The number of unbranched alkanes of at least 4 members (excludes halogenated alkanes) is 1. The van der Waals surface area contributed by atoms with Crippen LogP contribution in [0.3, 0.4) is 0 Å². The summed E-state index contributed by atoms with van der Waals surface area (Å²) >= 11 is 0. The van der Waals surface area contributed by atoms with Crippen molar-refractivity contribution in [2.24, 2.45) is 0 Å². The molecule has 1 rings (SSSR count). The first-order chi connectivity index (χ1) is 7.86. The summed E-state index contributed by atoms with van der Waals surface area (Å²) in [4.78, 5) is 0. The van der Waals surface area contributed by atoms with E-state index in [1.165, 1.54) is 5.56 Å². The van der Waals surface area contributed by atoms with Gasteiger partial charge in [0.2, 0.25) is 0 Å². The molecule has 0 atom stereocenters. The van der Waals surface area contributed by atoms with Gasteiger partial charge in [-0.3, -0.25) is 4.68 Å². The van der Waals surface area contributed by atoms with Gasteiger partial charge in [0, 0.05) is 38.6 Å². The monoisotopic (exact) mass is 225 g/mol. The highest BCUT2D eigenvalue weighted by atomic mass is 16.5. The molecule has 0 bridgehead atoms. The van der Waals surface area contributed by atoms with Crippen molar-refractivity contribution in [3.05, 3.63) is 18.0 Å². The Morgan fingerprint density at radius 2 is 2.31 bits per heavy atom. The van der Waals surface area contributed by atoms with Gasteiger partial charge in [-0.05, 0) is 25.8 Å². The Morgan fingerprint density at radius 1 is 1.44 bits per heavy atom. The van der Waals surface area contributed by atoms with Crippen molar-refractivity contribution < 1.29 is 4.74 Å². The van der Waals surface area contributed by atoms with Gasteiger partial charge in [0.05, 0.1) is 6.20 Å². The molecule has 0 unspecified atom stereocenters. The van der Waals surface area contributed by atoms with Crippen LogP contribution in [0.5, 0.6) is 0 Å². The highest BCUT2D eigenvalue weighted by Gasteiger charge is 1.97. The average molecular weight is 225 g/mol. The summed E-state index contributed by atoms with van der Waals surface area (Å²) < 4.78 is 7.00. The Labute approximate surface area is 98.0 Å². The van der Waals surface area contributed by atoms with Gasteiger partial charge in [-0.1, -0.05) is 6.92 Å². The van der Waals surface area contributed by atoms with E-state index in [4.69, 9.17) is 4.74 Å². The van der Waals surface area contributed by atoms with Crippen LogP contribution in [0.25, 0.3) is 0 Å². The second-order valence-corrected chi connectivity index (χ2v) is 3.99. The second-order valence-electron chi connectivity index (χ2n) is 3.99. The number of aromatic nitrogens is 2. The fourth-order valence-corrected chi connectivity index (χ4v) is 1.58. The van der Waals surface area contributed by atoms with Crippen molar-refractivity contribution in [1.82, 2.24) is 15.1 Å². The lowest BCUT2D eigenvalue weighted by atomic mass is 10.3. The minimum Gasteiger partial charge on any atom is -0.385 e. The van der Waals surface area contributed by atoms with Gasteiger partial charge in [0.15, 0.2) is 0 Å². The van der Waals surface area contributed by atoms with E-state index in [0.29, 0.717) is 0 Å². The van der Waals surface area contributed by atoms with E-state index in [0.717, 1.165) is 45.5 Å². The number of ether oxygens (including phenoxy) is 1.